The van der Waals surface area contributed by atoms with E-state index in [0.717, 1.165) is 5.56 Å². The first-order chi connectivity index (χ1) is 13.1. The molecule has 2 aromatic rings. The highest BCUT2D eigenvalue weighted by atomic mass is 32.2. The quantitative estimate of drug-likeness (QED) is 0.713. The average molecular weight is 417 g/mol. The second kappa shape index (κ2) is 6.32. The van der Waals surface area contributed by atoms with Crippen LogP contribution in [0, 0.1) is 5.92 Å². The van der Waals surface area contributed by atoms with E-state index in [1.54, 1.807) is 11.8 Å². The molecule has 3 atom stereocenters. The molecule has 3 heterocycles. The molecule has 0 spiro atoms. The first kappa shape index (κ1) is 19.5. The van der Waals surface area contributed by atoms with Gasteiger partial charge in [0.1, 0.15) is 11.5 Å². The fourth-order valence-corrected chi connectivity index (χ4v) is 6.83. The van der Waals surface area contributed by atoms with Gasteiger partial charge >= 0.3 is 5.97 Å². The van der Waals surface area contributed by atoms with Gasteiger partial charge in [0.2, 0.25) is 0 Å². The van der Waals surface area contributed by atoms with E-state index in [1.807, 2.05) is 62.9 Å². The van der Waals surface area contributed by atoms with Crippen molar-refractivity contribution in [2.75, 3.05) is 0 Å². The lowest BCUT2D eigenvalue weighted by molar-refractivity contribution is -0.152. The van der Waals surface area contributed by atoms with E-state index < -0.39 is 16.3 Å². The minimum Gasteiger partial charge on any atom is -0.479 e. The largest absolute Gasteiger partial charge is 0.479 e. The number of aromatic nitrogens is 1. The Balaban J connectivity index is 2.06. The predicted octanol–water partition coefficient (Wildman–Crippen LogP) is 4.88. The second-order valence-corrected chi connectivity index (χ2v) is 10.5. The summed E-state index contributed by atoms with van der Waals surface area (Å²) in [5, 5.41) is 15.1. The van der Waals surface area contributed by atoms with Crippen LogP contribution in [0.4, 0.5) is 0 Å². The number of thiocarbonyl (C=S) groups is 1. The van der Waals surface area contributed by atoms with Gasteiger partial charge in [-0.2, -0.15) is 0 Å². The number of carbonyl (C=O) groups is 1. The summed E-state index contributed by atoms with van der Waals surface area (Å²) in [6.07, 6.45) is 0. The van der Waals surface area contributed by atoms with Gasteiger partial charge in [0.25, 0.3) is 0 Å². The van der Waals surface area contributed by atoms with Gasteiger partial charge in [-0.15, -0.1) is 11.8 Å². The van der Waals surface area contributed by atoms with E-state index in [0.29, 0.717) is 22.0 Å². The number of thioether (sulfide) groups is 1. The summed E-state index contributed by atoms with van der Waals surface area (Å²) in [4.78, 5) is 15.7. The van der Waals surface area contributed by atoms with E-state index in [1.165, 1.54) is 0 Å². The lowest BCUT2D eigenvalue weighted by Crippen LogP contribution is -2.67. The zero-order valence-corrected chi connectivity index (χ0v) is 18.2. The third-order valence-electron chi connectivity index (χ3n) is 5.92. The highest BCUT2D eigenvalue weighted by Crippen LogP contribution is 2.64. The minimum atomic E-state index is -1.34. The molecule has 0 amide bonds. The molecule has 0 unspecified atom stereocenters. The van der Waals surface area contributed by atoms with Crippen molar-refractivity contribution in [2.24, 2.45) is 5.92 Å². The summed E-state index contributed by atoms with van der Waals surface area (Å²) in [7, 11) is 0. The zero-order valence-electron chi connectivity index (χ0n) is 16.6. The predicted molar refractivity (Wildman–Crippen MR) is 114 cm³/mol. The van der Waals surface area contributed by atoms with E-state index >= 15 is 0 Å². The number of benzene rings is 1. The molecule has 0 aliphatic carbocycles. The van der Waals surface area contributed by atoms with Crippen LogP contribution in [-0.2, 0) is 10.3 Å². The fourth-order valence-electron chi connectivity index (χ4n) is 4.52. The minimum absolute atomic E-state index is 0.0108. The molecular weight excluding hydrogens is 392 g/mol. The summed E-state index contributed by atoms with van der Waals surface area (Å²) < 4.78 is 5.14. The van der Waals surface area contributed by atoms with Gasteiger partial charge in [-0.25, -0.2) is 4.79 Å². The maximum atomic E-state index is 13.1. The van der Waals surface area contributed by atoms with Crippen molar-refractivity contribution in [3.8, 4) is 11.3 Å². The third kappa shape index (κ3) is 2.29. The van der Waals surface area contributed by atoms with Crippen molar-refractivity contribution in [1.29, 1.82) is 0 Å². The maximum Gasteiger partial charge on any atom is 0.336 e. The lowest BCUT2D eigenvalue weighted by atomic mass is 9.72. The summed E-state index contributed by atoms with van der Waals surface area (Å²) in [6, 6.07) is 9.64. The van der Waals surface area contributed by atoms with Gasteiger partial charge in [0, 0.05) is 17.4 Å². The molecule has 148 valence electrons. The first-order valence-electron chi connectivity index (χ1n) is 9.44. The first-order valence-corrected chi connectivity index (χ1v) is 10.7. The van der Waals surface area contributed by atoms with Crippen molar-refractivity contribution in [3.05, 3.63) is 41.7 Å². The molecule has 0 saturated carbocycles. The Morgan fingerprint density at radius 2 is 1.96 bits per heavy atom. The molecule has 28 heavy (non-hydrogen) atoms. The van der Waals surface area contributed by atoms with Crippen LogP contribution in [0.3, 0.4) is 0 Å². The zero-order chi connectivity index (χ0) is 20.4. The molecule has 0 radical (unpaired) electrons. The third-order valence-corrected chi connectivity index (χ3v) is 8.23. The standard InChI is InChI=1S/C21H24N2O3S2/c1-11(2)16-14(15(22-26-16)13-9-7-6-8-10-13)21(19(24)25)20(4,5)28-18-12(3)17(27)23(18)21/h6-12,18H,1-5H3,(H,24,25)/t12-,18-,21+/m1/s1. The van der Waals surface area contributed by atoms with Gasteiger partial charge in [-0.3, -0.25) is 0 Å². The number of fused-ring (bicyclic) bond motifs is 1. The summed E-state index contributed by atoms with van der Waals surface area (Å²) in [5.41, 5.74) is 0.729. The van der Waals surface area contributed by atoms with Crippen LogP contribution in [-0.4, -0.2) is 36.2 Å². The Labute approximate surface area is 174 Å². The Hall–Kier alpha value is -1.86. The van der Waals surface area contributed by atoms with E-state index in [-0.39, 0.29) is 17.2 Å². The second-order valence-electron chi connectivity index (χ2n) is 8.32. The molecule has 2 fully saturated rings. The molecule has 2 saturated heterocycles. The van der Waals surface area contributed by atoms with Gasteiger partial charge in [-0.05, 0) is 13.8 Å². The topological polar surface area (TPSA) is 66.6 Å². The van der Waals surface area contributed by atoms with Crippen molar-refractivity contribution in [1.82, 2.24) is 10.1 Å². The fraction of sp³-hybridized carbons (Fsp3) is 0.476. The number of nitrogens with zero attached hydrogens (tertiary/aromatic N) is 2. The van der Waals surface area contributed by atoms with Gasteiger partial charge in [-0.1, -0.05) is 68.5 Å². The van der Waals surface area contributed by atoms with Gasteiger partial charge < -0.3 is 14.5 Å². The van der Waals surface area contributed by atoms with Crippen molar-refractivity contribution < 1.29 is 14.4 Å². The van der Waals surface area contributed by atoms with Crippen LogP contribution in [0.2, 0.25) is 0 Å². The van der Waals surface area contributed by atoms with Crippen LogP contribution < -0.4 is 0 Å². The van der Waals surface area contributed by atoms with Gasteiger partial charge in [0.05, 0.1) is 20.7 Å². The number of hydrogen-bond acceptors (Lipinski definition) is 5. The number of carboxylic acids is 1. The van der Waals surface area contributed by atoms with E-state index in [4.69, 9.17) is 16.7 Å². The monoisotopic (exact) mass is 416 g/mol. The van der Waals surface area contributed by atoms with Crippen LogP contribution in [0.25, 0.3) is 11.3 Å². The number of carboxylic acid groups (broad SMARTS) is 1. The van der Waals surface area contributed by atoms with Crippen LogP contribution in [0.1, 0.15) is 51.9 Å². The Bertz CT molecular complexity index is 954. The molecule has 4 rings (SSSR count). The SMILES string of the molecule is CC(C)c1onc(-c2ccccc2)c1[C@@]1(C(=O)O)N2C(=S)[C@@H](C)[C@H]2SC1(C)C. The highest BCUT2D eigenvalue weighted by Gasteiger charge is 2.72. The van der Waals surface area contributed by atoms with Crippen LogP contribution >= 0.6 is 24.0 Å². The molecule has 5 nitrogen and oxygen atoms in total. The van der Waals surface area contributed by atoms with Crippen molar-refractivity contribution >= 4 is 34.9 Å². The molecule has 2 aliphatic rings. The average Bonchev–Trinajstić information content (AvgIpc) is 3.18. The van der Waals surface area contributed by atoms with Gasteiger partial charge in [0.15, 0.2) is 5.54 Å². The van der Waals surface area contributed by atoms with Crippen LogP contribution in [0.5, 0.6) is 0 Å². The molecule has 2 aliphatic heterocycles. The highest BCUT2D eigenvalue weighted by molar-refractivity contribution is 8.01. The molecule has 1 N–H and O–H groups in total. The number of aliphatic carboxylic acids is 1. The summed E-state index contributed by atoms with van der Waals surface area (Å²) in [6.45, 7) is 10.0. The Kier molecular flexibility index (Phi) is 4.39. The molecule has 0 bridgehead atoms. The summed E-state index contributed by atoms with van der Waals surface area (Å²) in [5.74, 6) is -0.145. The van der Waals surface area contributed by atoms with Crippen molar-refractivity contribution in [3.63, 3.8) is 0 Å². The Morgan fingerprint density at radius 1 is 1.32 bits per heavy atom. The smallest absolute Gasteiger partial charge is 0.336 e. The lowest BCUT2D eigenvalue weighted by Gasteiger charge is -2.51. The molecule has 1 aromatic heterocycles. The van der Waals surface area contributed by atoms with E-state index in [9.17, 15) is 9.90 Å². The molecule has 7 heteroatoms. The van der Waals surface area contributed by atoms with Crippen molar-refractivity contribution in [2.45, 2.75) is 56.2 Å². The van der Waals surface area contributed by atoms with E-state index in [2.05, 4.69) is 12.1 Å². The normalized spacial score (nSPS) is 28.4. The molecular formula is C21H24N2O3S2. The van der Waals surface area contributed by atoms with Crippen LogP contribution in [0.15, 0.2) is 34.9 Å². The maximum absolute atomic E-state index is 13.1. The molecule has 1 aromatic carbocycles. The number of hydrogen-bond donors (Lipinski definition) is 1. The summed E-state index contributed by atoms with van der Waals surface area (Å²) >= 11 is 7.33. The number of rotatable bonds is 4. The Morgan fingerprint density at radius 3 is 2.54 bits per heavy atom.